The number of anilines is 1. The van der Waals surface area contributed by atoms with Crippen molar-refractivity contribution in [3.05, 3.63) is 57.6 Å². The number of rotatable bonds is 7. The number of benzene rings is 2. The van der Waals surface area contributed by atoms with Gasteiger partial charge in [0, 0.05) is 0 Å². The first-order valence-corrected chi connectivity index (χ1v) is 10.7. The van der Waals surface area contributed by atoms with Crippen LogP contribution in [0.15, 0.2) is 46.4 Å². The number of terminal acetylenes is 1. The number of amides is 4. The molecular weight excluding hydrogens is 508 g/mol. The lowest BCUT2D eigenvalue weighted by Gasteiger charge is -2.26. The van der Waals surface area contributed by atoms with Gasteiger partial charge in [0.15, 0.2) is 11.5 Å². The fourth-order valence-corrected chi connectivity index (χ4v) is 3.67. The highest BCUT2D eigenvalue weighted by Crippen LogP contribution is 2.37. The zero-order chi connectivity index (χ0) is 24.8. The van der Waals surface area contributed by atoms with Gasteiger partial charge < -0.3 is 14.2 Å². The number of esters is 1. The molecule has 1 aliphatic rings. The van der Waals surface area contributed by atoms with Crippen molar-refractivity contribution in [2.24, 2.45) is 0 Å². The Balaban J connectivity index is 1.95. The summed E-state index contributed by atoms with van der Waals surface area (Å²) in [5.41, 5.74) is 0.583. The molecule has 0 spiro atoms. The van der Waals surface area contributed by atoms with Gasteiger partial charge >= 0.3 is 12.0 Å². The molecule has 0 atom stereocenters. The lowest BCUT2D eigenvalue weighted by Crippen LogP contribution is -2.54. The van der Waals surface area contributed by atoms with E-state index in [-0.39, 0.29) is 30.0 Å². The van der Waals surface area contributed by atoms with Gasteiger partial charge in [-0.15, -0.1) is 6.42 Å². The molecule has 9 nitrogen and oxygen atoms in total. The molecule has 1 saturated heterocycles. The van der Waals surface area contributed by atoms with E-state index in [1.54, 1.807) is 19.1 Å². The third kappa shape index (κ3) is 5.10. The van der Waals surface area contributed by atoms with Crippen LogP contribution in [-0.4, -0.2) is 44.1 Å². The fourth-order valence-electron chi connectivity index (χ4n) is 3.10. The van der Waals surface area contributed by atoms with Gasteiger partial charge in [-0.1, -0.05) is 5.92 Å². The Hall–Kier alpha value is -4.10. The number of carbonyl (C=O) groups excluding carboxylic acids is 4. The van der Waals surface area contributed by atoms with E-state index < -0.39 is 23.8 Å². The molecule has 0 bridgehead atoms. The maximum absolute atomic E-state index is 13.1. The van der Waals surface area contributed by atoms with Crippen molar-refractivity contribution >= 4 is 51.5 Å². The summed E-state index contributed by atoms with van der Waals surface area (Å²) in [6.45, 7) is 1.91. The Morgan fingerprint density at radius 3 is 2.53 bits per heavy atom. The highest BCUT2D eigenvalue weighted by Gasteiger charge is 2.37. The number of nitrogens with one attached hydrogen (secondary N) is 1. The number of hydrogen-bond donors (Lipinski definition) is 1. The third-order valence-corrected chi connectivity index (χ3v) is 5.19. The molecule has 0 aliphatic carbocycles. The molecule has 3 rings (SSSR count). The number of ether oxygens (including phenoxy) is 3. The maximum Gasteiger partial charge on any atom is 0.338 e. The summed E-state index contributed by atoms with van der Waals surface area (Å²) in [5, 5.41) is 2.15. The minimum atomic E-state index is -0.909. The lowest BCUT2D eigenvalue weighted by molar-refractivity contribution is -0.122. The number of barbiturate groups is 1. The minimum absolute atomic E-state index is 0.0162. The number of methoxy groups -OCH3 is 1. The predicted molar refractivity (Wildman–Crippen MR) is 126 cm³/mol. The van der Waals surface area contributed by atoms with Crippen LogP contribution in [0.4, 0.5) is 10.5 Å². The Kier molecular flexibility index (Phi) is 7.71. The average Bonchev–Trinajstić information content (AvgIpc) is 2.81. The van der Waals surface area contributed by atoms with Crippen molar-refractivity contribution in [3.8, 4) is 23.8 Å². The summed E-state index contributed by atoms with van der Waals surface area (Å²) in [6, 6.07) is 7.92. The van der Waals surface area contributed by atoms with Crippen LogP contribution >= 0.6 is 15.9 Å². The molecule has 0 saturated carbocycles. The molecule has 1 fully saturated rings. The number of urea groups is 1. The van der Waals surface area contributed by atoms with Gasteiger partial charge in [0.25, 0.3) is 11.8 Å². The van der Waals surface area contributed by atoms with Gasteiger partial charge in [-0.25, -0.2) is 14.5 Å². The summed E-state index contributed by atoms with van der Waals surface area (Å²) in [6.07, 6.45) is 6.55. The first-order valence-electron chi connectivity index (χ1n) is 9.93. The van der Waals surface area contributed by atoms with E-state index in [1.165, 1.54) is 37.5 Å². The first kappa shape index (κ1) is 24.5. The largest absolute Gasteiger partial charge is 0.493 e. The Bertz CT molecular complexity index is 1230. The van der Waals surface area contributed by atoms with Crippen LogP contribution in [0, 0.1) is 12.3 Å². The average molecular weight is 527 g/mol. The summed E-state index contributed by atoms with van der Waals surface area (Å²) >= 11 is 3.36. The second-order valence-electron chi connectivity index (χ2n) is 6.75. The summed E-state index contributed by atoms with van der Waals surface area (Å²) in [7, 11) is 1.43. The molecular formula is C24H19BrN2O7. The number of carbonyl (C=O) groups is 4. The van der Waals surface area contributed by atoms with Crippen molar-refractivity contribution in [2.75, 3.05) is 25.2 Å². The van der Waals surface area contributed by atoms with E-state index in [1.807, 2.05) is 0 Å². The maximum atomic E-state index is 13.1. The van der Waals surface area contributed by atoms with E-state index in [4.69, 9.17) is 20.6 Å². The van der Waals surface area contributed by atoms with Crippen LogP contribution in [-0.2, 0) is 14.3 Å². The summed E-state index contributed by atoms with van der Waals surface area (Å²) < 4.78 is 16.2. The van der Waals surface area contributed by atoms with E-state index in [9.17, 15) is 19.2 Å². The number of halogens is 1. The molecule has 174 valence electrons. The lowest BCUT2D eigenvalue weighted by atomic mass is 10.1. The number of hydrogen-bond acceptors (Lipinski definition) is 7. The van der Waals surface area contributed by atoms with Crippen LogP contribution in [0.25, 0.3) is 6.08 Å². The molecule has 34 heavy (non-hydrogen) atoms. The predicted octanol–water partition coefficient (Wildman–Crippen LogP) is 3.31. The standard InChI is InChI=1S/C24H19BrN2O7/c1-4-10-34-20-18(25)12-14(13-19(20)32-3)11-17-21(28)26-24(31)27(22(17)29)16-8-6-15(7-9-16)23(30)33-5-2/h1,6-9,11-13H,5,10H2,2-3H3,(H,26,28,31)/b17-11+. The second kappa shape index (κ2) is 10.7. The molecule has 2 aromatic carbocycles. The molecule has 0 radical (unpaired) electrons. The summed E-state index contributed by atoms with van der Waals surface area (Å²) in [4.78, 5) is 50.7. The molecule has 2 aromatic rings. The zero-order valence-electron chi connectivity index (χ0n) is 18.2. The van der Waals surface area contributed by atoms with Gasteiger partial charge in [0.2, 0.25) is 0 Å². The molecule has 1 aliphatic heterocycles. The Labute approximate surface area is 203 Å². The Morgan fingerprint density at radius 2 is 1.91 bits per heavy atom. The Morgan fingerprint density at radius 1 is 1.21 bits per heavy atom. The van der Waals surface area contributed by atoms with Gasteiger partial charge in [-0.05, 0) is 70.9 Å². The van der Waals surface area contributed by atoms with Crippen LogP contribution in [0.2, 0.25) is 0 Å². The first-order chi connectivity index (χ1) is 16.3. The highest BCUT2D eigenvalue weighted by atomic mass is 79.9. The van der Waals surface area contributed by atoms with Gasteiger partial charge in [-0.3, -0.25) is 14.9 Å². The smallest absolute Gasteiger partial charge is 0.338 e. The monoisotopic (exact) mass is 526 g/mol. The zero-order valence-corrected chi connectivity index (χ0v) is 19.8. The molecule has 0 unspecified atom stereocenters. The molecule has 0 aromatic heterocycles. The van der Waals surface area contributed by atoms with Crippen molar-refractivity contribution in [3.63, 3.8) is 0 Å². The van der Waals surface area contributed by atoms with Gasteiger partial charge in [-0.2, -0.15) is 0 Å². The fraction of sp³-hybridized carbons (Fsp3) is 0.167. The normalized spacial score (nSPS) is 14.5. The van der Waals surface area contributed by atoms with E-state index in [2.05, 4.69) is 27.2 Å². The van der Waals surface area contributed by atoms with E-state index in [0.29, 0.717) is 21.5 Å². The minimum Gasteiger partial charge on any atom is -0.493 e. The molecule has 1 heterocycles. The van der Waals surface area contributed by atoms with Crippen molar-refractivity contribution in [1.29, 1.82) is 0 Å². The van der Waals surface area contributed by atoms with Crippen LogP contribution in [0.3, 0.4) is 0 Å². The van der Waals surface area contributed by atoms with Crippen LogP contribution in [0.1, 0.15) is 22.8 Å². The second-order valence-corrected chi connectivity index (χ2v) is 7.61. The SMILES string of the molecule is C#CCOc1c(Br)cc(/C=C2\C(=O)NC(=O)N(c3ccc(C(=O)OCC)cc3)C2=O)cc1OC. The molecule has 1 N–H and O–H groups in total. The van der Waals surface area contributed by atoms with Crippen molar-refractivity contribution in [2.45, 2.75) is 6.92 Å². The van der Waals surface area contributed by atoms with Gasteiger partial charge in [0.05, 0.1) is 29.4 Å². The van der Waals surface area contributed by atoms with E-state index >= 15 is 0 Å². The third-order valence-electron chi connectivity index (χ3n) is 4.60. The van der Waals surface area contributed by atoms with Gasteiger partial charge in [0.1, 0.15) is 12.2 Å². The number of imide groups is 2. The molecule has 4 amide bonds. The van der Waals surface area contributed by atoms with E-state index in [0.717, 1.165) is 4.90 Å². The quantitative estimate of drug-likeness (QED) is 0.255. The number of nitrogens with zero attached hydrogens (tertiary/aromatic N) is 1. The molecule has 10 heteroatoms. The van der Waals surface area contributed by atoms with Crippen molar-refractivity contribution in [1.82, 2.24) is 5.32 Å². The summed E-state index contributed by atoms with van der Waals surface area (Å²) in [5.74, 6) is 0.823. The topological polar surface area (TPSA) is 111 Å². The van der Waals surface area contributed by atoms with Crippen molar-refractivity contribution < 1.29 is 33.4 Å². The van der Waals surface area contributed by atoms with Crippen LogP contribution in [0.5, 0.6) is 11.5 Å². The highest BCUT2D eigenvalue weighted by molar-refractivity contribution is 9.10. The van der Waals surface area contributed by atoms with Crippen LogP contribution < -0.4 is 19.7 Å².